The summed E-state index contributed by atoms with van der Waals surface area (Å²) in [4.78, 5) is 26.5. The lowest BCUT2D eigenvalue weighted by atomic mass is 9.85. The number of rotatable bonds is 4. The molecule has 2 N–H and O–H groups in total. The van der Waals surface area contributed by atoms with Gasteiger partial charge in [0.1, 0.15) is 17.5 Å². The fourth-order valence-corrected chi connectivity index (χ4v) is 5.27. The molecule has 1 spiro atoms. The molecule has 1 saturated heterocycles. The van der Waals surface area contributed by atoms with Gasteiger partial charge >= 0.3 is 0 Å². The van der Waals surface area contributed by atoms with Gasteiger partial charge in [-0.1, -0.05) is 43.3 Å². The highest BCUT2D eigenvalue weighted by atomic mass is 16.7. The van der Waals surface area contributed by atoms with E-state index in [4.69, 9.17) is 14.4 Å². The summed E-state index contributed by atoms with van der Waals surface area (Å²) in [6, 6.07) is 9.66. The number of likely N-dealkylation sites (tertiary alicyclic amines) is 1. The molecule has 8 heteroatoms. The van der Waals surface area contributed by atoms with E-state index in [0.717, 1.165) is 30.5 Å². The third kappa shape index (κ3) is 3.51. The minimum absolute atomic E-state index is 0.0135. The molecule has 1 aromatic carbocycles. The molecule has 2 aromatic rings. The molecule has 5 rings (SSSR count). The lowest BCUT2D eigenvalue weighted by molar-refractivity contribution is -0.134. The van der Waals surface area contributed by atoms with Gasteiger partial charge in [0.25, 0.3) is 0 Å². The summed E-state index contributed by atoms with van der Waals surface area (Å²) in [5.41, 5.74) is 5.31. The van der Waals surface area contributed by atoms with Crippen molar-refractivity contribution < 1.29 is 19.3 Å². The van der Waals surface area contributed by atoms with Crippen molar-refractivity contribution in [3.63, 3.8) is 0 Å². The average molecular weight is 439 g/mol. The maximum absolute atomic E-state index is 13.7. The van der Waals surface area contributed by atoms with E-state index in [9.17, 15) is 9.90 Å². The average Bonchev–Trinajstić information content (AvgIpc) is 3.48. The number of hydrogen-bond acceptors (Lipinski definition) is 7. The second-order valence-electron chi connectivity index (χ2n) is 9.48. The zero-order valence-corrected chi connectivity index (χ0v) is 18.7. The fraction of sp³-hybridized carbons (Fsp3) is 0.542. The second-order valence-corrected chi connectivity index (χ2v) is 9.48. The Morgan fingerprint density at radius 2 is 2.16 bits per heavy atom. The normalized spacial score (nSPS) is 28.0. The van der Waals surface area contributed by atoms with Crippen molar-refractivity contribution in [3.05, 3.63) is 52.9 Å². The van der Waals surface area contributed by atoms with Crippen molar-refractivity contribution in [1.82, 2.24) is 15.5 Å². The highest BCUT2D eigenvalue weighted by Gasteiger charge is 2.48. The first-order valence-corrected chi connectivity index (χ1v) is 11.4. The molecule has 3 aliphatic rings. The number of aliphatic hydroxyl groups is 1. The monoisotopic (exact) mass is 438 g/mol. The summed E-state index contributed by atoms with van der Waals surface area (Å²) < 4.78 is 5.45. The van der Waals surface area contributed by atoms with Crippen molar-refractivity contribution in [2.75, 3.05) is 6.54 Å². The third-order valence-corrected chi connectivity index (χ3v) is 6.79. The van der Waals surface area contributed by atoms with Crippen molar-refractivity contribution >= 4 is 11.7 Å². The van der Waals surface area contributed by atoms with Crippen molar-refractivity contribution in [3.8, 4) is 0 Å². The number of β-amino-alcohol motifs (C(OH)–C–C–N with tert-alkyl or cyclic N) is 1. The number of hydroxylamine groups is 1. The smallest absolute Gasteiger partial charge is 0.234 e. The van der Waals surface area contributed by atoms with E-state index in [2.05, 4.69) is 22.8 Å². The molecular weight excluding hydrogens is 408 g/mol. The van der Waals surface area contributed by atoms with Crippen LogP contribution < -0.4 is 5.48 Å². The van der Waals surface area contributed by atoms with Crippen LogP contribution in [0.5, 0.6) is 0 Å². The number of aromatic nitrogens is 1. The Morgan fingerprint density at radius 3 is 2.91 bits per heavy atom. The summed E-state index contributed by atoms with van der Waals surface area (Å²) in [5.74, 6) is 0.601. The van der Waals surface area contributed by atoms with Gasteiger partial charge in [-0.05, 0) is 31.2 Å². The molecule has 4 atom stereocenters. The summed E-state index contributed by atoms with van der Waals surface area (Å²) in [6.07, 6.45) is 2.55. The lowest BCUT2D eigenvalue weighted by Gasteiger charge is -2.30. The first kappa shape index (κ1) is 21.2. The zero-order chi connectivity index (χ0) is 22.5. The third-order valence-electron chi connectivity index (χ3n) is 6.79. The number of aryl methyl sites for hydroxylation is 2. The van der Waals surface area contributed by atoms with Crippen LogP contribution in [0.4, 0.5) is 0 Å². The van der Waals surface area contributed by atoms with Crippen LogP contribution in [0.2, 0.25) is 0 Å². The number of hydrogen-bond donors (Lipinski definition) is 2. The van der Waals surface area contributed by atoms with Crippen LogP contribution in [0.15, 0.2) is 39.8 Å². The topological polar surface area (TPSA) is 100 Å². The molecule has 3 heterocycles. The minimum Gasteiger partial charge on any atom is -0.391 e. The molecule has 1 fully saturated rings. The number of benzene rings is 1. The van der Waals surface area contributed by atoms with Crippen LogP contribution in [-0.2, 0) is 21.8 Å². The van der Waals surface area contributed by atoms with E-state index in [1.54, 1.807) is 4.90 Å². The van der Waals surface area contributed by atoms with Crippen molar-refractivity contribution in [2.24, 2.45) is 10.9 Å². The summed E-state index contributed by atoms with van der Waals surface area (Å²) >= 11 is 0. The predicted molar refractivity (Wildman–Crippen MR) is 118 cm³/mol. The maximum atomic E-state index is 13.7. The zero-order valence-electron chi connectivity index (χ0n) is 18.7. The number of aliphatic hydroxyl groups excluding tert-OH is 1. The molecule has 170 valence electrons. The van der Waals surface area contributed by atoms with Crippen LogP contribution in [0.1, 0.15) is 61.6 Å². The second kappa shape index (κ2) is 8.01. The summed E-state index contributed by atoms with van der Waals surface area (Å²) in [5, 5.41) is 14.4. The Hall–Kier alpha value is -2.71. The van der Waals surface area contributed by atoms with Gasteiger partial charge in [-0.2, -0.15) is 0 Å². The fourth-order valence-electron chi connectivity index (χ4n) is 5.27. The van der Waals surface area contributed by atoms with Gasteiger partial charge in [-0.15, -0.1) is 0 Å². The van der Waals surface area contributed by atoms with Crippen molar-refractivity contribution in [2.45, 2.75) is 70.2 Å². The van der Waals surface area contributed by atoms with Gasteiger partial charge in [-0.25, -0.2) is 15.3 Å². The first-order valence-electron chi connectivity index (χ1n) is 11.4. The molecule has 1 amide bonds. The van der Waals surface area contributed by atoms with Crippen LogP contribution in [-0.4, -0.2) is 45.6 Å². The molecule has 0 bridgehead atoms. The molecular formula is C24H30N4O4. The number of amidine groups is 1. The van der Waals surface area contributed by atoms with Gasteiger partial charge in [0.15, 0.2) is 0 Å². The van der Waals surface area contributed by atoms with E-state index < -0.39 is 17.7 Å². The quantitative estimate of drug-likeness (QED) is 0.761. The summed E-state index contributed by atoms with van der Waals surface area (Å²) in [7, 11) is 0. The van der Waals surface area contributed by atoms with Crippen LogP contribution >= 0.6 is 0 Å². The molecule has 2 unspecified atom stereocenters. The first-order chi connectivity index (χ1) is 15.4. The van der Waals surface area contributed by atoms with Gasteiger partial charge in [0, 0.05) is 31.0 Å². The van der Waals surface area contributed by atoms with Gasteiger partial charge in [-0.3, -0.25) is 4.79 Å². The summed E-state index contributed by atoms with van der Waals surface area (Å²) in [6.45, 7) is 6.08. The van der Waals surface area contributed by atoms with Crippen LogP contribution in [0.3, 0.4) is 0 Å². The number of carbonyl (C=O) groups is 1. The Balaban J connectivity index is 1.46. The number of nitrogens with one attached hydrogen (secondary N) is 1. The van der Waals surface area contributed by atoms with Crippen LogP contribution in [0, 0.1) is 12.8 Å². The molecule has 0 saturated carbocycles. The van der Waals surface area contributed by atoms with E-state index >= 15 is 0 Å². The number of fused-ring (bicyclic) bond motifs is 2. The Bertz CT molecular complexity index is 1050. The van der Waals surface area contributed by atoms with Crippen molar-refractivity contribution in [1.29, 1.82) is 0 Å². The Labute approximate surface area is 187 Å². The molecule has 2 aliphatic heterocycles. The number of nitrogens with zero attached hydrogens (tertiary/aromatic N) is 3. The molecule has 8 nitrogen and oxygen atoms in total. The van der Waals surface area contributed by atoms with Gasteiger partial charge in [0.05, 0.1) is 17.8 Å². The van der Waals surface area contributed by atoms with E-state index in [-0.39, 0.29) is 24.4 Å². The SMILES string of the molecule is Cc1cc([C@@H](C(=O)N2C[C@H](O)CC2C2=NC3(CCCc4ccccc43)ON2)C(C)C)on1. The number of amides is 1. The Morgan fingerprint density at radius 1 is 1.34 bits per heavy atom. The highest BCUT2D eigenvalue weighted by Crippen LogP contribution is 2.42. The molecule has 0 radical (unpaired) electrons. The lowest BCUT2D eigenvalue weighted by Crippen LogP contribution is -2.46. The number of carbonyl (C=O) groups excluding carboxylic acids is 1. The van der Waals surface area contributed by atoms with E-state index in [1.165, 1.54) is 5.56 Å². The number of aliphatic imine (C=N–C) groups is 1. The van der Waals surface area contributed by atoms with Gasteiger partial charge in [0.2, 0.25) is 11.6 Å². The highest BCUT2D eigenvalue weighted by molar-refractivity contribution is 5.94. The van der Waals surface area contributed by atoms with E-state index in [0.29, 0.717) is 18.0 Å². The molecule has 1 aromatic heterocycles. The molecule has 1 aliphatic carbocycles. The predicted octanol–water partition coefficient (Wildman–Crippen LogP) is 2.81. The Kier molecular flexibility index (Phi) is 5.29. The van der Waals surface area contributed by atoms with Gasteiger partial charge < -0.3 is 14.5 Å². The largest absolute Gasteiger partial charge is 0.391 e. The maximum Gasteiger partial charge on any atom is 0.234 e. The van der Waals surface area contributed by atoms with E-state index in [1.807, 2.05) is 39.0 Å². The molecule has 32 heavy (non-hydrogen) atoms. The van der Waals surface area contributed by atoms with Crippen LogP contribution in [0.25, 0.3) is 0 Å². The minimum atomic E-state index is -0.772. The standard InChI is InChI=1S/C24H30N4O4/c1-14(2)21(20-11-15(3)26-31-20)23(30)28-13-17(29)12-19(28)22-25-24(32-27-22)10-6-8-16-7-4-5-9-18(16)24/h4-5,7,9,11,14,17,19,21,29H,6,8,10,12-13H2,1-3H3,(H,25,27)/t17-,19?,21+,24?/m1/s1.